The number of rotatable bonds is 1. The Morgan fingerprint density at radius 3 is 2.88 bits per heavy atom. The lowest BCUT2D eigenvalue weighted by atomic mass is 10.0. The van der Waals surface area contributed by atoms with Crippen molar-refractivity contribution < 1.29 is 14.3 Å². The van der Waals surface area contributed by atoms with Crippen LogP contribution in [0.25, 0.3) is 0 Å². The summed E-state index contributed by atoms with van der Waals surface area (Å²) in [6, 6.07) is 1.83. The van der Waals surface area contributed by atoms with Crippen LogP contribution in [0, 0.1) is 0 Å². The van der Waals surface area contributed by atoms with Crippen molar-refractivity contribution in [3.8, 4) is 0 Å². The molecule has 2 aliphatic heterocycles. The minimum atomic E-state index is -0.498. The number of hydrogen-bond acceptors (Lipinski definition) is 6. The van der Waals surface area contributed by atoms with Crippen molar-refractivity contribution >= 4 is 23.5 Å². The lowest BCUT2D eigenvalue weighted by Gasteiger charge is -2.40. The molecule has 1 unspecified atom stereocenters. The molecule has 3 heterocycles. The van der Waals surface area contributed by atoms with Crippen LogP contribution in [0.4, 0.5) is 10.6 Å². The van der Waals surface area contributed by atoms with Gasteiger partial charge in [0.15, 0.2) is 0 Å². The molecule has 8 heteroatoms. The largest absolute Gasteiger partial charge is 0.444 e. The molecule has 0 bridgehead atoms. The first-order chi connectivity index (χ1) is 11.3. The van der Waals surface area contributed by atoms with Crippen LogP contribution in [-0.4, -0.2) is 64.9 Å². The molecule has 1 atom stereocenters. The molecule has 2 fully saturated rings. The van der Waals surface area contributed by atoms with Crippen LogP contribution in [-0.2, 0) is 9.47 Å². The van der Waals surface area contributed by atoms with Gasteiger partial charge in [0.25, 0.3) is 0 Å². The smallest absolute Gasteiger partial charge is 0.410 e. The summed E-state index contributed by atoms with van der Waals surface area (Å²) in [5, 5.41) is 0.230. The Labute approximate surface area is 146 Å². The highest BCUT2D eigenvalue weighted by Gasteiger charge is 2.45. The standard InChI is InChI=1S/C16H23ClN4O3/c1-15(2,3)24-14(22)21-8-9-23-16(11-21)5-7-20(10-16)12-4-6-18-13(17)19-12/h4,6H,5,7-11H2,1-3H3. The minimum absolute atomic E-state index is 0.230. The number of halogens is 1. The Hall–Kier alpha value is -1.60. The molecule has 132 valence electrons. The number of hydrogen-bond donors (Lipinski definition) is 0. The van der Waals surface area contributed by atoms with Crippen molar-refractivity contribution in [3.63, 3.8) is 0 Å². The van der Waals surface area contributed by atoms with Crippen molar-refractivity contribution in [2.45, 2.75) is 38.4 Å². The second-order valence-corrected chi connectivity index (χ2v) is 7.63. The van der Waals surface area contributed by atoms with E-state index < -0.39 is 5.60 Å². The van der Waals surface area contributed by atoms with E-state index in [-0.39, 0.29) is 17.0 Å². The van der Waals surface area contributed by atoms with Gasteiger partial charge in [-0.2, -0.15) is 0 Å². The molecule has 1 aromatic heterocycles. The predicted octanol–water partition coefficient (Wildman–Crippen LogP) is 2.35. The van der Waals surface area contributed by atoms with Crippen molar-refractivity contribution in [1.29, 1.82) is 0 Å². The second kappa shape index (κ2) is 6.37. The van der Waals surface area contributed by atoms with Crippen LogP contribution in [0.3, 0.4) is 0 Å². The van der Waals surface area contributed by atoms with Gasteiger partial charge in [0.1, 0.15) is 17.0 Å². The van der Waals surface area contributed by atoms with E-state index in [9.17, 15) is 4.79 Å². The summed E-state index contributed by atoms with van der Waals surface area (Å²) in [5.41, 5.74) is -0.880. The Morgan fingerprint density at radius 2 is 2.17 bits per heavy atom. The van der Waals surface area contributed by atoms with Gasteiger partial charge < -0.3 is 19.3 Å². The van der Waals surface area contributed by atoms with Crippen LogP contribution in [0.1, 0.15) is 27.2 Å². The number of anilines is 1. The highest BCUT2D eigenvalue weighted by molar-refractivity contribution is 6.28. The predicted molar refractivity (Wildman–Crippen MR) is 90.4 cm³/mol. The minimum Gasteiger partial charge on any atom is -0.444 e. The van der Waals surface area contributed by atoms with Gasteiger partial charge in [0.2, 0.25) is 5.28 Å². The van der Waals surface area contributed by atoms with Gasteiger partial charge in [-0.3, -0.25) is 0 Å². The molecular formula is C16H23ClN4O3. The molecule has 0 aromatic carbocycles. The molecule has 0 aliphatic carbocycles. The van der Waals surface area contributed by atoms with Crippen LogP contribution < -0.4 is 4.90 Å². The third-order valence-corrected chi connectivity index (χ3v) is 4.33. The first-order valence-electron chi connectivity index (χ1n) is 8.12. The maximum atomic E-state index is 12.3. The zero-order chi connectivity index (χ0) is 17.4. The first-order valence-corrected chi connectivity index (χ1v) is 8.50. The lowest BCUT2D eigenvalue weighted by molar-refractivity contribution is -0.0958. The quantitative estimate of drug-likeness (QED) is 0.721. The van der Waals surface area contributed by atoms with Crippen molar-refractivity contribution in [2.75, 3.05) is 37.7 Å². The summed E-state index contributed by atoms with van der Waals surface area (Å²) in [7, 11) is 0. The molecular weight excluding hydrogens is 332 g/mol. The highest BCUT2D eigenvalue weighted by Crippen LogP contribution is 2.32. The molecule has 7 nitrogen and oxygen atoms in total. The summed E-state index contributed by atoms with van der Waals surface area (Å²) >= 11 is 5.88. The number of ether oxygens (including phenoxy) is 2. The summed E-state index contributed by atoms with van der Waals surface area (Å²) in [4.78, 5) is 24.4. The van der Waals surface area contributed by atoms with Gasteiger partial charge in [-0.1, -0.05) is 0 Å². The van der Waals surface area contributed by atoms with Gasteiger partial charge in [0, 0.05) is 19.3 Å². The molecule has 0 radical (unpaired) electrons. The Morgan fingerprint density at radius 1 is 1.38 bits per heavy atom. The zero-order valence-electron chi connectivity index (χ0n) is 14.3. The van der Waals surface area contributed by atoms with Gasteiger partial charge in [-0.15, -0.1) is 0 Å². The maximum Gasteiger partial charge on any atom is 0.410 e. The number of nitrogens with zero attached hydrogens (tertiary/aromatic N) is 4. The fourth-order valence-corrected chi connectivity index (χ4v) is 3.26. The SMILES string of the molecule is CC(C)(C)OC(=O)N1CCOC2(CCN(c3ccnc(Cl)n3)C2)C1. The van der Waals surface area contributed by atoms with E-state index in [1.807, 2.05) is 26.8 Å². The summed E-state index contributed by atoms with van der Waals surface area (Å²) in [5.74, 6) is 0.782. The van der Waals surface area contributed by atoms with E-state index in [1.54, 1.807) is 11.1 Å². The maximum absolute atomic E-state index is 12.3. The Balaban J connectivity index is 1.67. The first kappa shape index (κ1) is 17.2. The van der Waals surface area contributed by atoms with Crippen LogP contribution in [0.5, 0.6) is 0 Å². The molecule has 1 aromatic rings. The number of carbonyl (C=O) groups is 1. The van der Waals surface area contributed by atoms with Crippen molar-refractivity contribution in [3.05, 3.63) is 17.5 Å². The molecule has 1 amide bonds. The van der Waals surface area contributed by atoms with Gasteiger partial charge in [0.05, 0.1) is 19.7 Å². The van der Waals surface area contributed by atoms with E-state index >= 15 is 0 Å². The van der Waals surface area contributed by atoms with Gasteiger partial charge in [-0.25, -0.2) is 14.8 Å². The normalized spacial score (nSPS) is 24.5. The van der Waals surface area contributed by atoms with E-state index in [0.717, 1.165) is 18.8 Å². The third kappa shape index (κ3) is 3.89. The molecule has 3 rings (SSSR count). The number of amides is 1. The van der Waals surface area contributed by atoms with Gasteiger partial charge >= 0.3 is 6.09 Å². The highest BCUT2D eigenvalue weighted by atomic mass is 35.5. The lowest BCUT2D eigenvalue weighted by Crippen LogP contribution is -2.55. The molecule has 1 spiro atoms. The Bertz CT molecular complexity index is 622. The van der Waals surface area contributed by atoms with Crippen LogP contribution in [0.15, 0.2) is 12.3 Å². The summed E-state index contributed by atoms with van der Waals surface area (Å²) < 4.78 is 11.5. The fourth-order valence-electron chi connectivity index (χ4n) is 3.12. The summed E-state index contributed by atoms with van der Waals surface area (Å²) in [6.07, 6.45) is 2.19. The van der Waals surface area contributed by atoms with Crippen LogP contribution in [0.2, 0.25) is 5.28 Å². The molecule has 2 saturated heterocycles. The monoisotopic (exact) mass is 354 g/mol. The fraction of sp³-hybridized carbons (Fsp3) is 0.688. The van der Waals surface area contributed by atoms with E-state index in [2.05, 4.69) is 14.9 Å². The molecule has 24 heavy (non-hydrogen) atoms. The van der Waals surface area contributed by atoms with Gasteiger partial charge in [-0.05, 0) is 44.9 Å². The number of aromatic nitrogens is 2. The molecule has 0 N–H and O–H groups in total. The van der Waals surface area contributed by atoms with E-state index in [0.29, 0.717) is 26.2 Å². The zero-order valence-corrected chi connectivity index (χ0v) is 15.0. The Kier molecular flexibility index (Phi) is 4.57. The number of carbonyl (C=O) groups excluding carboxylic acids is 1. The van der Waals surface area contributed by atoms with E-state index in [4.69, 9.17) is 21.1 Å². The second-order valence-electron chi connectivity index (χ2n) is 7.29. The average Bonchev–Trinajstić information content (AvgIpc) is 2.89. The topological polar surface area (TPSA) is 67.8 Å². The van der Waals surface area contributed by atoms with Crippen molar-refractivity contribution in [1.82, 2.24) is 14.9 Å². The number of morpholine rings is 1. The van der Waals surface area contributed by atoms with Crippen molar-refractivity contribution in [2.24, 2.45) is 0 Å². The van der Waals surface area contributed by atoms with E-state index in [1.165, 1.54) is 0 Å². The average molecular weight is 355 g/mol. The third-order valence-electron chi connectivity index (χ3n) is 4.15. The molecule has 0 saturated carbocycles. The molecule has 2 aliphatic rings. The van der Waals surface area contributed by atoms with Crippen LogP contribution >= 0.6 is 11.6 Å². The summed E-state index contributed by atoms with van der Waals surface area (Å²) in [6.45, 7) is 8.67.